The van der Waals surface area contributed by atoms with Crippen LogP contribution in [-0.2, 0) is 9.53 Å². The molecule has 2 fully saturated rings. The number of nitrogens with one attached hydrogen (secondary N) is 1. The first-order chi connectivity index (χ1) is 13.2. The van der Waals surface area contributed by atoms with Crippen LogP contribution < -0.4 is 10.2 Å². The van der Waals surface area contributed by atoms with Gasteiger partial charge in [0, 0.05) is 18.8 Å². The first-order valence-electron chi connectivity index (χ1n) is 10.0. The van der Waals surface area contributed by atoms with Crippen LogP contribution in [0.1, 0.15) is 32.6 Å². The zero-order valence-electron chi connectivity index (χ0n) is 15.9. The Hall–Kier alpha value is -1.70. The molecule has 2 aromatic rings. The van der Waals surface area contributed by atoms with Crippen LogP contribution in [0.4, 0.5) is 10.8 Å². The topological polar surface area (TPSA) is 57.7 Å². The SMILES string of the molecule is CCCN1CCCCC1C(=O)Nc1ccc2nc(N3CCOCC3)sc2c1. The van der Waals surface area contributed by atoms with E-state index in [9.17, 15) is 4.79 Å². The molecule has 1 aromatic carbocycles. The van der Waals surface area contributed by atoms with E-state index >= 15 is 0 Å². The van der Waals surface area contributed by atoms with Gasteiger partial charge in [-0.05, 0) is 50.6 Å². The molecule has 1 aromatic heterocycles. The summed E-state index contributed by atoms with van der Waals surface area (Å²) in [6.07, 6.45) is 4.37. The summed E-state index contributed by atoms with van der Waals surface area (Å²) in [6.45, 7) is 7.49. The number of carbonyl (C=O) groups excluding carboxylic acids is 1. The molecule has 1 atom stereocenters. The highest BCUT2D eigenvalue weighted by atomic mass is 32.1. The van der Waals surface area contributed by atoms with Crippen LogP contribution in [-0.4, -0.2) is 61.2 Å². The molecular weight excluding hydrogens is 360 g/mol. The van der Waals surface area contributed by atoms with E-state index in [1.807, 2.05) is 12.1 Å². The Kier molecular flexibility index (Phi) is 5.90. The van der Waals surface area contributed by atoms with Crippen molar-refractivity contribution < 1.29 is 9.53 Å². The maximum absolute atomic E-state index is 12.9. The molecule has 4 rings (SSSR count). The lowest BCUT2D eigenvalue weighted by Gasteiger charge is -2.34. The van der Waals surface area contributed by atoms with Crippen LogP contribution >= 0.6 is 11.3 Å². The van der Waals surface area contributed by atoms with Crippen LogP contribution in [0.15, 0.2) is 18.2 Å². The molecule has 6 nitrogen and oxygen atoms in total. The number of anilines is 2. The molecule has 1 unspecified atom stereocenters. The maximum atomic E-state index is 12.9. The van der Waals surface area contributed by atoms with Gasteiger partial charge in [-0.15, -0.1) is 0 Å². The lowest BCUT2D eigenvalue weighted by atomic mass is 10.0. The summed E-state index contributed by atoms with van der Waals surface area (Å²) < 4.78 is 6.54. The van der Waals surface area contributed by atoms with Crippen LogP contribution in [0.5, 0.6) is 0 Å². The second-order valence-electron chi connectivity index (χ2n) is 7.32. The molecule has 7 heteroatoms. The number of hydrogen-bond donors (Lipinski definition) is 1. The summed E-state index contributed by atoms with van der Waals surface area (Å²) in [5, 5.41) is 4.19. The predicted molar refractivity (Wildman–Crippen MR) is 111 cm³/mol. The van der Waals surface area contributed by atoms with Gasteiger partial charge in [-0.3, -0.25) is 9.69 Å². The van der Waals surface area contributed by atoms with Crippen molar-refractivity contribution in [3.63, 3.8) is 0 Å². The zero-order chi connectivity index (χ0) is 18.6. The van der Waals surface area contributed by atoms with Crippen molar-refractivity contribution in [1.82, 2.24) is 9.88 Å². The van der Waals surface area contributed by atoms with Crippen LogP contribution in [0.2, 0.25) is 0 Å². The molecule has 0 saturated carbocycles. The van der Waals surface area contributed by atoms with Crippen molar-refractivity contribution in [2.75, 3.05) is 49.6 Å². The first kappa shape index (κ1) is 18.7. The van der Waals surface area contributed by atoms with Gasteiger partial charge in [-0.2, -0.15) is 0 Å². The number of rotatable bonds is 5. The van der Waals surface area contributed by atoms with E-state index in [-0.39, 0.29) is 11.9 Å². The Labute approximate surface area is 164 Å². The average Bonchev–Trinajstić information content (AvgIpc) is 3.13. The number of hydrogen-bond acceptors (Lipinski definition) is 6. The fourth-order valence-electron chi connectivity index (χ4n) is 3.95. The highest BCUT2D eigenvalue weighted by Gasteiger charge is 2.28. The molecule has 0 spiro atoms. The third-order valence-electron chi connectivity index (χ3n) is 5.35. The Bertz CT molecular complexity index is 785. The number of benzene rings is 1. The Balaban J connectivity index is 1.47. The van der Waals surface area contributed by atoms with E-state index in [1.165, 1.54) is 6.42 Å². The van der Waals surface area contributed by atoms with Crippen molar-refractivity contribution in [1.29, 1.82) is 0 Å². The number of likely N-dealkylation sites (tertiary alicyclic amines) is 1. The summed E-state index contributed by atoms with van der Waals surface area (Å²) in [7, 11) is 0. The summed E-state index contributed by atoms with van der Waals surface area (Å²) in [6, 6.07) is 6.04. The molecule has 2 aliphatic heterocycles. The minimum Gasteiger partial charge on any atom is -0.378 e. The Morgan fingerprint density at radius 2 is 2.15 bits per heavy atom. The molecule has 1 N–H and O–H groups in total. The first-order valence-corrected chi connectivity index (χ1v) is 10.8. The fraction of sp³-hybridized carbons (Fsp3) is 0.600. The van der Waals surface area contributed by atoms with Gasteiger partial charge in [0.15, 0.2) is 5.13 Å². The molecule has 27 heavy (non-hydrogen) atoms. The van der Waals surface area contributed by atoms with Gasteiger partial charge in [0.25, 0.3) is 0 Å². The molecule has 1 amide bonds. The Morgan fingerprint density at radius 1 is 1.30 bits per heavy atom. The average molecular weight is 389 g/mol. The third kappa shape index (κ3) is 4.25. The lowest BCUT2D eigenvalue weighted by Crippen LogP contribution is -2.47. The van der Waals surface area contributed by atoms with E-state index in [0.29, 0.717) is 0 Å². The smallest absolute Gasteiger partial charge is 0.241 e. The highest BCUT2D eigenvalue weighted by molar-refractivity contribution is 7.22. The van der Waals surface area contributed by atoms with Gasteiger partial charge in [0.05, 0.1) is 29.5 Å². The fourth-order valence-corrected chi connectivity index (χ4v) is 5.00. The lowest BCUT2D eigenvalue weighted by molar-refractivity contribution is -0.122. The van der Waals surface area contributed by atoms with Crippen molar-refractivity contribution >= 4 is 38.3 Å². The minimum atomic E-state index is -0.000214. The molecule has 0 bridgehead atoms. The number of nitrogens with zero attached hydrogens (tertiary/aromatic N) is 3. The van der Waals surface area contributed by atoms with E-state index in [4.69, 9.17) is 9.72 Å². The predicted octanol–water partition coefficient (Wildman–Crippen LogP) is 3.34. The van der Waals surface area contributed by atoms with E-state index in [1.54, 1.807) is 11.3 Å². The van der Waals surface area contributed by atoms with Crippen LogP contribution in [0.25, 0.3) is 10.2 Å². The molecule has 0 aliphatic carbocycles. The van der Waals surface area contributed by atoms with Crippen LogP contribution in [0.3, 0.4) is 0 Å². The van der Waals surface area contributed by atoms with E-state index in [2.05, 4.69) is 28.1 Å². The second-order valence-corrected chi connectivity index (χ2v) is 8.32. The quantitative estimate of drug-likeness (QED) is 0.851. The number of carbonyl (C=O) groups is 1. The van der Waals surface area contributed by atoms with Gasteiger partial charge in [0.2, 0.25) is 5.91 Å². The van der Waals surface area contributed by atoms with Gasteiger partial charge < -0.3 is 15.0 Å². The largest absolute Gasteiger partial charge is 0.378 e. The summed E-state index contributed by atoms with van der Waals surface area (Å²) >= 11 is 1.69. The maximum Gasteiger partial charge on any atom is 0.241 e. The molecule has 0 radical (unpaired) electrons. The van der Waals surface area contributed by atoms with Gasteiger partial charge in [-0.1, -0.05) is 24.7 Å². The molecule has 146 valence electrons. The number of thiazole rings is 1. The van der Waals surface area contributed by atoms with E-state index < -0.39 is 0 Å². The van der Waals surface area contributed by atoms with Crippen molar-refractivity contribution in [2.45, 2.75) is 38.6 Å². The van der Waals surface area contributed by atoms with Crippen molar-refractivity contribution in [2.24, 2.45) is 0 Å². The van der Waals surface area contributed by atoms with Crippen molar-refractivity contribution in [3.8, 4) is 0 Å². The highest BCUT2D eigenvalue weighted by Crippen LogP contribution is 2.31. The summed E-state index contributed by atoms with van der Waals surface area (Å²) in [5.74, 6) is 0.125. The normalized spacial score (nSPS) is 21.5. The standard InChI is InChI=1S/C20H28N4O2S/c1-2-8-23-9-4-3-5-17(23)19(25)21-15-6-7-16-18(14-15)27-20(22-16)24-10-12-26-13-11-24/h6-7,14,17H,2-5,8-13H2,1H3,(H,21,25). The van der Waals surface area contributed by atoms with Gasteiger partial charge in [0.1, 0.15) is 0 Å². The van der Waals surface area contributed by atoms with E-state index in [0.717, 1.165) is 79.7 Å². The second kappa shape index (κ2) is 8.54. The number of morpholine rings is 1. The molecule has 2 aliphatic rings. The van der Waals surface area contributed by atoms with Gasteiger partial charge in [-0.25, -0.2) is 4.98 Å². The number of amides is 1. The summed E-state index contributed by atoms with van der Waals surface area (Å²) in [5.41, 5.74) is 1.86. The van der Waals surface area contributed by atoms with Crippen LogP contribution in [0, 0.1) is 0 Å². The number of aromatic nitrogens is 1. The minimum absolute atomic E-state index is 0.000214. The number of piperidine rings is 1. The summed E-state index contributed by atoms with van der Waals surface area (Å²) in [4.78, 5) is 22.2. The Morgan fingerprint density at radius 3 is 2.96 bits per heavy atom. The van der Waals surface area contributed by atoms with Gasteiger partial charge >= 0.3 is 0 Å². The molecule has 2 saturated heterocycles. The third-order valence-corrected chi connectivity index (χ3v) is 6.43. The zero-order valence-corrected chi connectivity index (χ0v) is 16.8. The number of ether oxygens (including phenoxy) is 1. The number of fused-ring (bicyclic) bond motifs is 1. The molecular formula is C20H28N4O2S. The molecule has 3 heterocycles. The van der Waals surface area contributed by atoms with Crippen molar-refractivity contribution in [3.05, 3.63) is 18.2 Å². The monoisotopic (exact) mass is 388 g/mol.